The minimum absolute atomic E-state index is 0.719. The van der Waals surface area contributed by atoms with Crippen LogP contribution in [-0.4, -0.2) is 31.1 Å². The fraction of sp³-hybridized carbons (Fsp3) is 0.571. The molecule has 2 nitrogen and oxygen atoms in total. The van der Waals surface area contributed by atoms with Gasteiger partial charge in [-0.15, -0.1) is 0 Å². The highest BCUT2D eigenvalue weighted by atomic mass is 35.5. The SMILES string of the molecule is CCN(Cc1cc(Cl)cc(Cl)c1)C[C@@H]1CCNC1. The Kier molecular flexibility index (Phi) is 5.31. The van der Waals surface area contributed by atoms with Crippen LogP contribution in [0.4, 0.5) is 0 Å². The molecule has 1 aliphatic heterocycles. The number of benzene rings is 1. The van der Waals surface area contributed by atoms with Crippen LogP contribution in [0.3, 0.4) is 0 Å². The lowest BCUT2D eigenvalue weighted by molar-refractivity contribution is 0.240. The third kappa shape index (κ3) is 4.13. The molecule has 1 heterocycles. The molecule has 2 rings (SSSR count). The Balaban J connectivity index is 1.95. The van der Waals surface area contributed by atoms with E-state index in [0.29, 0.717) is 0 Å². The van der Waals surface area contributed by atoms with Gasteiger partial charge in [0.15, 0.2) is 0 Å². The summed E-state index contributed by atoms with van der Waals surface area (Å²) in [5.74, 6) is 0.777. The van der Waals surface area contributed by atoms with Crippen LogP contribution in [0.1, 0.15) is 18.9 Å². The second kappa shape index (κ2) is 6.76. The molecule has 0 unspecified atom stereocenters. The lowest BCUT2D eigenvalue weighted by Crippen LogP contribution is -2.30. The second-order valence-corrected chi connectivity index (χ2v) is 5.84. The summed E-state index contributed by atoms with van der Waals surface area (Å²) < 4.78 is 0. The normalized spacial score (nSPS) is 19.7. The molecule has 1 aromatic rings. The van der Waals surface area contributed by atoms with Crippen molar-refractivity contribution < 1.29 is 0 Å². The maximum Gasteiger partial charge on any atom is 0.0424 e. The van der Waals surface area contributed by atoms with E-state index in [2.05, 4.69) is 17.1 Å². The second-order valence-electron chi connectivity index (χ2n) is 4.96. The standard InChI is InChI=1S/C14H20Cl2N2/c1-2-18(9-11-3-4-17-8-11)10-12-5-13(15)7-14(16)6-12/h5-7,11,17H,2-4,8-10H2,1H3/t11-/m1/s1. The van der Waals surface area contributed by atoms with Crippen molar-refractivity contribution in [2.24, 2.45) is 5.92 Å². The molecule has 1 atom stereocenters. The third-order valence-electron chi connectivity index (χ3n) is 3.45. The average molecular weight is 287 g/mol. The molecular formula is C14H20Cl2N2. The van der Waals surface area contributed by atoms with Gasteiger partial charge in [0.05, 0.1) is 0 Å². The first kappa shape index (κ1) is 14.1. The van der Waals surface area contributed by atoms with E-state index in [1.807, 2.05) is 12.1 Å². The van der Waals surface area contributed by atoms with Gasteiger partial charge in [-0.1, -0.05) is 30.1 Å². The number of halogens is 2. The Morgan fingerprint density at radius 3 is 2.56 bits per heavy atom. The highest BCUT2D eigenvalue weighted by molar-refractivity contribution is 6.34. The van der Waals surface area contributed by atoms with E-state index in [1.165, 1.54) is 12.0 Å². The quantitative estimate of drug-likeness (QED) is 0.892. The van der Waals surface area contributed by atoms with Gasteiger partial charge in [0.25, 0.3) is 0 Å². The first-order valence-electron chi connectivity index (χ1n) is 6.55. The molecule has 100 valence electrons. The summed E-state index contributed by atoms with van der Waals surface area (Å²) in [6, 6.07) is 5.79. The summed E-state index contributed by atoms with van der Waals surface area (Å²) in [6.07, 6.45) is 1.28. The van der Waals surface area contributed by atoms with Crippen LogP contribution in [0.5, 0.6) is 0 Å². The van der Waals surface area contributed by atoms with Crippen LogP contribution < -0.4 is 5.32 Å². The van der Waals surface area contributed by atoms with Crippen molar-refractivity contribution in [3.63, 3.8) is 0 Å². The monoisotopic (exact) mass is 286 g/mol. The van der Waals surface area contributed by atoms with E-state index in [1.54, 1.807) is 6.07 Å². The number of rotatable bonds is 5. The van der Waals surface area contributed by atoms with E-state index < -0.39 is 0 Å². The first-order chi connectivity index (χ1) is 8.67. The molecule has 0 radical (unpaired) electrons. The molecule has 1 saturated heterocycles. The first-order valence-corrected chi connectivity index (χ1v) is 7.31. The number of nitrogens with zero attached hydrogens (tertiary/aromatic N) is 1. The van der Waals surface area contributed by atoms with Crippen molar-refractivity contribution >= 4 is 23.2 Å². The molecule has 0 amide bonds. The molecule has 1 N–H and O–H groups in total. The maximum atomic E-state index is 6.03. The van der Waals surface area contributed by atoms with Crippen LogP contribution in [0.25, 0.3) is 0 Å². The average Bonchev–Trinajstić information content (AvgIpc) is 2.79. The molecule has 0 aromatic heterocycles. The van der Waals surface area contributed by atoms with Crippen molar-refractivity contribution in [3.05, 3.63) is 33.8 Å². The minimum atomic E-state index is 0.719. The van der Waals surface area contributed by atoms with Gasteiger partial charge in [-0.25, -0.2) is 0 Å². The van der Waals surface area contributed by atoms with Gasteiger partial charge in [-0.3, -0.25) is 4.90 Å². The van der Waals surface area contributed by atoms with E-state index in [-0.39, 0.29) is 0 Å². The summed E-state index contributed by atoms with van der Waals surface area (Å²) in [5.41, 5.74) is 1.19. The van der Waals surface area contributed by atoms with Gasteiger partial charge < -0.3 is 5.32 Å². The van der Waals surface area contributed by atoms with E-state index in [4.69, 9.17) is 23.2 Å². The lowest BCUT2D eigenvalue weighted by atomic mass is 10.1. The zero-order chi connectivity index (χ0) is 13.0. The van der Waals surface area contributed by atoms with Crippen molar-refractivity contribution in [1.82, 2.24) is 10.2 Å². The van der Waals surface area contributed by atoms with Gasteiger partial charge in [-0.05, 0) is 55.7 Å². The molecule has 0 bridgehead atoms. The molecule has 1 fully saturated rings. The van der Waals surface area contributed by atoms with Crippen LogP contribution in [-0.2, 0) is 6.54 Å². The van der Waals surface area contributed by atoms with E-state index in [0.717, 1.165) is 48.7 Å². The maximum absolute atomic E-state index is 6.03. The summed E-state index contributed by atoms with van der Waals surface area (Å²) in [5, 5.41) is 4.85. The van der Waals surface area contributed by atoms with Crippen molar-refractivity contribution in [2.75, 3.05) is 26.2 Å². The topological polar surface area (TPSA) is 15.3 Å². The number of nitrogens with one attached hydrogen (secondary N) is 1. The Hall–Kier alpha value is -0.280. The van der Waals surface area contributed by atoms with E-state index >= 15 is 0 Å². The predicted molar refractivity (Wildman–Crippen MR) is 78.4 cm³/mol. The number of hydrogen-bond acceptors (Lipinski definition) is 2. The molecule has 0 saturated carbocycles. The zero-order valence-electron chi connectivity index (χ0n) is 10.8. The van der Waals surface area contributed by atoms with Crippen molar-refractivity contribution in [2.45, 2.75) is 19.9 Å². The molecule has 0 spiro atoms. The highest BCUT2D eigenvalue weighted by Crippen LogP contribution is 2.21. The van der Waals surface area contributed by atoms with Gasteiger partial charge in [0.1, 0.15) is 0 Å². The van der Waals surface area contributed by atoms with Gasteiger partial charge in [0, 0.05) is 23.1 Å². The Labute approximate surface area is 119 Å². The largest absolute Gasteiger partial charge is 0.316 e. The summed E-state index contributed by atoms with van der Waals surface area (Å²) in [7, 11) is 0. The molecule has 18 heavy (non-hydrogen) atoms. The van der Waals surface area contributed by atoms with Crippen LogP contribution in [0.2, 0.25) is 10.0 Å². The van der Waals surface area contributed by atoms with Crippen molar-refractivity contribution in [3.8, 4) is 0 Å². The summed E-state index contributed by atoms with van der Waals surface area (Å²) in [6.45, 7) is 7.63. The van der Waals surface area contributed by atoms with Crippen LogP contribution >= 0.6 is 23.2 Å². The molecule has 1 aromatic carbocycles. The third-order valence-corrected chi connectivity index (χ3v) is 3.89. The lowest BCUT2D eigenvalue weighted by Gasteiger charge is -2.23. The Morgan fingerprint density at radius 1 is 1.28 bits per heavy atom. The van der Waals surface area contributed by atoms with Crippen LogP contribution in [0, 0.1) is 5.92 Å². The minimum Gasteiger partial charge on any atom is -0.316 e. The Morgan fingerprint density at radius 2 is 2.00 bits per heavy atom. The fourth-order valence-electron chi connectivity index (χ4n) is 2.50. The molecule has 1 aliphatic rings. The number of hydrogen-bond donors (Lipinski definition) is 1. The van der Waals surface area contributed by atoms with Gasteiger partial charge >= 0.3 is 0 Å². The van der Waals surface area contributed by atoms with Crippen LogP contribution in [0.15, 0.2) is 18.2 Å². The van der Waals surface area contributed by atoms with Gasteiger partial charge in [-0.2, -0.15) is 0 Å². The predicted octanol–water partition coefficient (Wildman–Crippen LogP) is 3.42. The van der Waals surface area contributed by atoms with Crippen molar-refractivity contribution in [1.29, 1.82) is 0 Å². The highest BCUT2D eigenvalue weighted by Gasteiger charge is 2.17. The molecule has 4 heteroatoms. The molecule has 0 aliphatic carbocycles. The Bertz CT molecular complexity index is 369. The fourth-order valence-corrected chi connectivity index (χ4v) is 3.07. The molecular weight excluding hydrogens is 267 g/mol. The van der Waals surface area contributed by atoms with Gasteiger partial charge in [0.2, 0.25) is 0 Å². The summed E-state index contributed by atoms with van der Waals surface area (Å²) in [4.78, 5) is 2.46. The smallest absolute Gasteiger partial charge is 0.0424 e. The summed E-state index contributed by atoms with van der Waals surface area (Å²) >= 11 is 12.1. The van der Waals surface area contributed by atoms with E-state index in [9.17, 15) is 0 Å². The zero-order valence-corrected chi connectivity index (χ0v) is 12.3.